The van der Waals surface area contributed by atoms with Gasteiger partial charge in [-0.1, -0.05) is 0 Å². The van der Waals surface area contributed by atoms with Gasteiger partial charge in [0.25, 0.3) is 0 Å². The molecule has 28 heavy (non-hydrogen) atoms. The molecule has 0 radical (unpaired) electrons. The van der Waals surface area contributed by atoms with Gasteiger partial charge in [0.2, 0.25) is 15.9 Å². The topological polar surface area (TPSA) is 115 Å². The van der Waals surface area contributed by atoms with Crippen LogP contribution in [0.1, 0.15) is 42.8 Å². The molecule has 2 aliphatic heterocycles. The van der Waals surface area contributed by atoms with Crippen LogP contribution >= 0.6 is 11.3 Å². The monoisotopic (exact) mass is 426 g/mol. The molecule has 0 aromatic carbocycles. The molecule has 152 valence electrons. The highest BCUT2D eigenvalue weighted by atomic mass is 32.2. The average molecular weight is 427 g/mol. The summed E-state index contributed by atoms with van der Waals surface area (Å²) in [7, 11) is -3.64. The van der Waals surface area contributed by atoms with Crippen LogP contribution in [0.15, 0.2) is 20.1 Å². The molecule has 0 aliphatic carbocycles. The van der Waals surface area contributed by atoms with E-state index in [2.05, 4.69) is 14.9 Å². The van der Waals surface area contributed by atoms with Crippen LogP contribution in [0.4, 0.5) is 0 Å². The maximum absolute atomic E-state index is 12.5. The molecule has 0 saturated carbocycles. The lowest BCUT2D eigenvalue weighted by Gasteiger charge is -2.24. The van der Waals surface area contributed by atoms with Crippen molar-refractivity contribution in [1.82, 2.24) is 19.8 Å². The van der Waals surface area contributed by atoms with Gasteiger partial charge in [0, 0.05) is 31.6 Å². The molecule has 2 aromatic heterocycles. The highest BCUT2D eigenvalue weighted by Crippen LogP contribution is 2.28. The SMILES string of the molecule is O=C(c1nnc(-c2csc(S(=O)(=O)NCC3CCCO3)c2)o1)N1CCCCC1. The second-order valence-corrected chi connectivity index (χ2v) is 9.81. The lowest BCUT2D eigenvalue weighted by atomic mass is 10.1. The van der Waals surface area contributed by atoms with Gasteiger partial charge in [-0.05, 0) is 38.2 Å². The first-order valence-corrected chi connectivity index (χ1v) is 11.7. The summed E-state index contributed by atoms with van der Waals surface area (Å²) in [5, 5.41) is 9.39. The predicted molar refractivity (Wildman–Crippen MR) is 102 cm³/mol. The normalized spacial score (nSPS) is 20.6. The molecule has 2 aliphatic rings. The molecule has 2 aromatic rings. The first kappa shape index (κ1) is 19.5. The molecule has 0 bridgehead atoms. The van der Waals surface area contributed by atoms with Gasteiger partial charge in [-0.2, -0.15) is 0 Å². The van der Waals surface area contributed by atoms with Crippen molar-refractivity contribution >= 4 is 27.3 Å². The standard InChI is InChI=1S/C17H22N4O5S2/c22-17(21-6-2-1-3-7-21)16-20-19-15(26-16)12-9-14(27-11-12)28(23,24)18-10-13-5-4-8-25-13/h9,11,13,18H,1-8,10H2. The van der Waals surface area contributed by atoms with Crippen molar-refractivity contribution < 1.29 is 22.4 Å². The van der Waals surface area contributed by atoms with Crippen LogP contribution < -0.4 is 4.72 Å². The van der Waals surface area contributed by atoms with Crippen molar-refractivity contribution in [3.05, 3.63) is 17.3 Å². The van der Waals surface area contributed by atoms with Gasteiger partial charge < -0.3 is 14.1 Å². The number of aromatic nitrogens is 2. The van der Waals surface area contributed by atoms with E-state index < -0.39 is 10.0 Å². The molecule has 9 nitrogen and oxygen atoms in total. The van der Waals surface area contributed by atoms with Crippen LogP contribution in [-0.2, 0) is 14.8 Å². The molecule has 11 heteroatoms. The van der Waals surface area contributed by atoms with Crippen LogP contribution in [0.25, 0.3) is 11.5 Å². The van der Waals surface area contributed by atoms with Crippen molar-refractivity contribution in [2.75, 3.05) is 26.2 Å². The smallest absolute Gasteiger partial charge is 0.311 e. The van der Waals surface area contributed by atoms with Crippen LogP contribution in [0, 0.1) is 0 Å². The van der Waals surface area contributed by atoms with Crippen molar-refractivity contribution in [1.29, 1.82) is 0 Å². The van der Waals surface area contributed by atoms with E-state index in [0.717, 1.165) is 43.4 Å². The maximum atomic E-state index is 12.5. The van der Waals surface area contributed by atoms with E-state index in [4.69, 9.17) is 9.15 Å². The number of rotatable bonds is 6. The van der Waals surface area contributed by atoms with Gasteiger partial charge in [0.15, 0.2) is 0 Å². The number of carbonyl (C=O) groups is 1. The van der Waals surface area contributed by atoms with Gasteiger partial charge in [-0.15, -0.1) is 21.5 Å². The molecular weight excluding hydrogens is 404 g/mol. The highest BCUT2D eigenvalue weighted by molar-refractivity contribution is 7.91. The van der Waals surface area contributed by atoms with Gasteiger partial charge in [0.05, 0.1) is 11.7 Å². The summed E-state index contributed by atoms with van der Waals surface area (Å²) >= 11 is 1.07. The zero-order chi connectivity index (χ0) is 19.6. The summed E-state index contributed by atoms with van der Waals surface area (Å²) in [6.45, 7) is 2.30. The number of nitrogens with one attached hydrogen (secondary N) is 1. The highest BCUT2D eigenvalue weighted by Gasteiger charge is 2.26. The number of hydrogen-bond donors (Lipinski definition) is 1. The van der Waals surface area contributed by atoms with Gasteiger partial charge in [-0.25, -0.2) is 13.1 Å². The van der Waals surface area contributed by atoms with Crippen molar-refractivity contribution in [2.24, 2.45) is 0 Å². The van der Waals surface area contributed by atoms with E-state index in [-0.39, 0.29) is 34.5 Å². The summed E-state index contributed by atoms with van der Waals surface area (Å²) in [5.74, 6) is -0.207. The largest absolute Gasteiger partial charge is 0.412 e. The van der Waals surface area contributed by atoms with E-state index >= 15 is 0 Å². The fourth-order valence-corrected chi connectivity index (χ4v) is 5.57. The molecule has 1 amide bonds. The minimum absolute atomic E-state index is 0.0657. The average Bonchev–Trinajstić information content (AvgIpc) is 3.48. The molecule has 1 unspecified atom stereocenters. The zero-order valence-corrected chi connectivity index (χ0v) is 16.9. The Morgan fingerprint density at radius 2 is 2.07 bits per heavy atom. The van der Waals surface area contributed by atoms with Crippen LogP contribution in [-0.4, -0.2) is 61.8 Å². The van der Waals surface area contributed by atoms with Gasteiger partial charge >= 0.3 is 11.8 Å². The number of likely N-dealkylation sites (tertiary alicyclic amines) is 1. The van der Waals surface area contributed by atoms with Crippen molar-refractivity contribution in [3.63, 3.8) is 0 Å². The minimum atomic E-state index is -3.64. The Morgan fingerprint density at radius 3 is 2.82 bits per heavy atom. The van der Waals surface area contributed by atoms with E-state index in [1.165, 1.54) is 6.07 Å². The van der Waals surface area contributed by atoms with Gasteiger partial charge in [-0.3, -0.25) is 4.79 Å². The Hall–Kier alpha value is -1.82. The summed E-state index contributed by atoms with van der Waals surface area (Å²) in [6.07, 6.45) is 4.79. The first-order valence-electron chi connectivity index (χ1n) is 9.36. The molecule has 1 N–H and O–H groups in total. The van der Waals surface area contributed by atoms with E-state index in [1.54, 1.807) is 10.3 Å². The summed E-state index contributed by atoms with van der Waals surface area (Å²) in [4.78, 5) is 14.1. The Labute approximate surface area is 167 Å². The Balaban J connectivity index is 1.43. The number of ether oxygens (including phenoxy) is 1. The fraction of sp³-hybridized carbons (Fsp3) is 0.588. The van der Waals surface area contributed by atoms with Crippen molar-refractivity contribution in [3.8, 4) is 11.5 Å². The third kappa shape index (κ3) is 4.27. The number of hydrogen-bond acceptors (Lipinski definition) is 8. The third-order valence-electron chi connectivity index (χ3n) is 4.86. The van der Waals surface area contributed by atoms with Crippen molar-refractivity contribution in [2.45, 2.75) is 42.4 Å². The number of piperidine rings is 1. The lowest BCUT2D eigenvalue weighted by Crippen LogP contribution is -2.35. The first-order chi connectivity index (χ1) is 13.5. The Kier molecular flexibility index (Phi) is 5.76. The quantitative estimate of drug-likeness (QED) is 0.750. The Morgan fingerprint density at radius 1 is 1.25 bits per heavy atom. The summed E-state index contributed by atoms with van der Waals surface area (Å²) < 4.78 is 38.6. The van der Waals surface area contributed by atoms with Gasteiger partial charge in [0.1, 0.15) is 4.21 Å². The lowest BCUT2D eigenvalue weighted by molar-refractivity contribution is 0.0684. The number of nitrogens with zero attached hydrogens (tertiary/aromatic N) is 3. The summed E-state index contributed by atoms with van der Waals surface area (Å²) in [6, 6.07) is 1.48. The minimum Gasteiger partial charge on any atom is -0.412 e. The number of sulfonamides is 1. The van der Waals surface area contributed by atoms with Crippen LogP contribution in [0.2, 0.25) is 0 Å². The number of carbonyl (C=O) groups excluding carboxylic acids is 1. The molecule has 2 fully saturated rings. The number of thiophene rings is 1. The molecule has 4 heterocycles. The van der Waals surface area contributed by atoms with E-state index in [9.17, 15) is 13.2 Å². The molecule has 0 spiro atoms. The molecule has 2 saturated heterocycles. The van der Waals surface area contributed by atoms with Crippen LogP contribution in [0.3, 0.4) is 0 Å². The zero-order valence-electron chi connectivity index (χ0n) is 15.3. The van der Waals surface area contributed by atoms with Crippen LogP contribution in [0.5, 0.6) is 0 Å². The maximum Gasteiger partial charge on any atom is 0.311 e. The molecule has 4 rings (SSSR count). The summed E-state index contributed by atoms with van der Waals surface area (Å²) in [5.41, 5.74) is 0.479. The van der Waals surface area contributed by atoms with E-state index in [0.29, 0.717) is 25.3 Å². The second-order valence-electron chi connectivity index (χ2n) is 6.91. The predicted octanol–water partition coefficient (Wildman–Crippen LogP) is 1.88. The third-order valence-corrected chi connectivity index (χ3v) is 7.73. The van der Waals surface area contributed by atoms with E-state index in [1.807, 2.05) is 0 Å². The molecular formula is C17H22N4O5S2. The number of amides is 1. The Bertz CT molecular complexity index is 927. The second kappa shape index (κ2) is 8.27. The fourth-order valence-electron chi connectivity index (χ4n) is 3.31. The molecule has 1 atom stereocenters.